The highest BCUT2D eigenvalue weighted by Gasteiger charge is 2.18. The number of carbonyl (C=O) groups is 2. The second-order valence-corrected chi connectivity index (χ2v) is 6.91. The van der Waals surface area contributed by atoms with Gasteiger partial charge in [-0.1, -0.05) is 37.5 Å². The number of aryl methyl sites for hydroxylation is 1. The number of carbonyl (C=O) groups excluding carboxylic acids is 2. The van der Waals surface area contributed by atoms with E-state index >= 15 is 0 Å². The maximum atomic E-state index is 12.3. The molecule has 2 aromatic rings. The maximum absolute atomic E-state index is 12.3. The van der Waals surface area contributed by atoms with Crippen LogP contribution in [0.3, 0.4) is 0 Å². The minimum atomic E-state index is -0.522. The molecule has 0 N–H and O–H groups in total. The highest BCUT2D eigenvalue weighted by atomic mass is 16.5. The molecule has 0 unspecified atom stereocenters. The Morgan fingerprint density at radius 1 is 1.04 bits per heavy atom. The molecule has 3 rings (SSSR count). The van der Waals surface area contributed by atoms with Crippen LogP contribution in [0.2, 0.25) is 0 Å². The van der Waals surface area contributed by atoms with E-state index < -0.39 is 5.97 Å². The number of aromatic nitrogens is 2. The van der Waals surface area contributed by atoms with Crippen LogP contribution in [0.25, 0.3) is 10.8 Å². The summed E-state index contributed by atoms with van der Waals surface area (Å²) < 4.78 is 6.41. The van der Waals surface area contributed by atoms with E-state index in [4.69, 9.17) is 4.74 Å². The minimum Gasteiger partial charge on any atom is -0.455 e. The quantitative estimate of drug-likeness (QED) is 0.766. The Bertz CT molecular complexity index is 882. The summed E-state index contributed by atoms with van der Waals surface area (Å²) in [5, 5.41) is 5.33. The largest absolute Gasteiger partial charge is 0.455 e. The summed E-state index contributed by atoms with van der Waals surface area (Å²) in [4.78, 5) is 38.5. The highest BCUT2D eigenvalue weighted by Crippen LogP contribution is 2.14. The van der Waals surface area contributed by atoms with Gasteiger partial charge in [-0.15, -0.1) is 0 Å². The molecule has 1 aromatic heterocycles. The van der Waals surface area contributed by atoms with Gasteiger partial charge in [-0.2, -0.15) is 5.10 Å². The van der Waals surface area contributed by atoms with E-state index in [-0.39, 0.29) is 24.5 Å². The Balaban J connectivity index is 1.63. The van der Waals surface area contributed by atoms with E-state index in [1.165, 1.54) is 11.1 Å². The van der Waals surface area contributed by atoms with E-state index in [2.05, 4.69) is 5.10 Å². The Hall–Kier alpha value is -2.70. The molecular weight excluding hydrogens is 346 g/mol. The van der Waals surface area contributed by atoms with Gasteiger partial charge in [0.25, 0.3) is 11.5 Å². The van der Waals surface area contributed by atoms with Gasteiger partial charge < -0.3 is 9.64 Å². The van der Waals surface area contributed by atoms with Crippen LogP contribution >= 0.6 is 0 Å². The van der Waals surface area contributed by atoms with Crippen molar-refractivity contribution < 1.29 is 14.3 Å². The molecule has 0 spiro atoms. The van der Waals surface area contributed by atoms with Gasteiger partial charge in [-0.05, 0) is 18.9 Å². The number of rotatable bonds is 4. The van der Waals surface area contributed by atoms with Crippen LogP contribution in [0.1, 0.15) is 37.8 Å². The number of benzene rings is 1. The van der Waals surface area contributed by atoms with Crippen molar-refractivity contribution in [3.8, 4) is 0 Å². The summed E-state index contributed by atoms with van der Waals surface area (Å²) in [6.07, 6.45) is 5.39. The third kappa shape index (κ3) is 4.72. The Morgan fingerprint density at radius 2 is 1.67 bits per heavy atom. The monoisotopic (exact) mass is 371 g/mol. The van der Waals surface area contributed by atoms with Gasteiger partial charge in [0, 0.05) is 25.5 Å². The SMILES string of the molecule is Cn1nc(CC(=O)OCC(=O)N2CCCCCCC2)c2ccccc2c1=O. The molecule has 0 saturated carbocycles. The van der Waals surface area contributed by atoms with Gasteiger partial charge in [0.1, 0.15) is 0 Å². The summed E-state index contributed by atoms with van der Waals surface area (Å²) in [6, 6.07) is 7.04. The standard InChI is InChI=1S/C20H25N3O4/c1-22-20(26)16-10-6-5-9-15(16)17(21-22)13-19(25)27-14-18(24)23-11-7-3-2-4-8-12-23/h5-6,9-10H,2-4,7-8,11-14H2,1H3. The van der Waals surface area contributed by atoms with E-state index in [1.807, 2.05) is 0 Å². The van der Waals surface area contributed by atoms with E-state index in [1.54, 1.807) is 36.2 Å². The first-order valence-electron chi connectivity index (χ1n) is 9.44. The molecule has 1 aromatic carbocycles. The molecule has 0 atom stereocenters. The number of fused-ring (bicyclic) bond motifs is 1. The second kappa shape index (κ2) is 8.79. The van der Waals surface area contributed by atoms with Crippen LogP contribution < -0.4 is 5.56 Å². The zero-order valence-corrected chi connectivity index (χ0v) is 15.6. The topological polar surface area (TPSA) is 81.5 Å². The predicted octanol–water partition coefficient (Wildman–Crippen LogP) is 1.81. The first kappa shape index (κ1) is 19.1. The van der Waals surface area contributed by atoms with Gasteiger partial charge in [-0.3, -0.25) is 14.4 Å². The van der Waals surface area contributed by atoms with Gasteiger partial charge >= 0.3 is 5.97 Å². The normalized spacial score (nSPS) is 15.2. The molecule has 1 aliphatic rings. The van der Waals surface area contributed by atoms with Crippen molar-refractivity contribution in [2.45, 2.75) is 38.5 Å². The smallest absolute Gasteiger partial charge is 0.312 e. The van der Waals surface area contributed by atoms with Crippen LogP contribution in [0.15, 0.2) is 29.1 Å². The van der Waals surface area contributed by atoms with E-state index in [9.17, 15) is 14.4 Å². The zero-order chi connectivity index (χ0) is 19.2. The number of hydrogen-bond acceptors (Lipinski definition) is 5. The van der Waals surface area contributed by atoms with Crippen molar-refractivity contribution in [2.75, 3.05) is 19.7 Å². The fourth-order valence-corrected chi connectivity index (χ4v) is 3.42. The fraction of sp³-hybridized carbons (Fsp3) is 0.500. The molecule has 1 aliphatic heterocycles. The Labute approximate surface area is 157 Å². The van der Waals surface area contributed by atoms with Crippen molar-refractivity contribution in [3.63, 3.8) is 0 Å². The van der Waals surface area contributed by atoms with Crippen molar-refractivity contribution in [1.82, 2.24) is 14.7 Å². The molecule has 1 amide bonds. The Morgan fingerprint density at radius 3 is 2.37 bits per heavy atom. The lowest BCUT2D eigenvalue weighted by Crippen LogP contribution is -2.37. The lowest BCUT2D eigenvalue weighted by molar-refractivity contribution is -0.151. The first-order chi connectivity index (χ1) is 13.1. The average Bonchev–Trinajstić information content (AvgIpc) is 2.64. The van der Waals surface area contributed by atoms with Crippen LogP contribution in [0.4, 0.5) is 0 Å². The minimum absolute atomic E-state index is 0.0814. The summed E-state index contributed by atoms with van der Waals surface area (Å²) >= 11 is 0. The molecule has 1 saturated heterocycles. The van der Waals surface area contributed by atoms with Crippen molar-refractivity contribution in [2.24, 2.45) is 7.05 Å². The molecule has 144 valence electrons. The molecule has 0 aliphatic carbocycles. The van der Waals surface area contributed by atoms with Crippen molar-refractivity contribution in [1.29, 1.82) is 0 Å². The van der Waals surface area contributed by atoms with E-state index in [0.29, 0.717) is 16.5 Å². The van der Waals surface area contributed by atoms with Gasteiger partial charge in [0.2, 0.25) is 0 Å². The fourth-order valence-electron chi connectivity index (χ4n) is 3.42. The van der Waals surface area contributed by atoms with Gasteiger partial charge in [0.15, 0.2) is 6.61 Å². The number of likely N-dealkylation sites (tertiary alicyclic amines) is 1. The van der Waals surface area contributed by atoms with Crippen LogP contribution in [-0.2, 0) is 27.8 Å². The number of ether oxygens (including phenoxy) is 1. The number of esters is 1. The molecular formula is C20H25N3O4. The summed E-state index contributed by atoms with van der Waals surface area (Å²) in [5.74, 6) is -0.671. The zero-order valence-electron chi connectivity index (χ0n) is 15.6. The molecule has 0 radical (unpaired) electrons. The number of hydrogen-bond donors (Lipinski definition) is 0. The molecule has 7 heteroatoms. The number of nitrogens with zero attached hydrogens (tertiary/aromatic N) is 3. The molecule has 7 nitrogen and oxygen atoms in total. The second-order valence-electron chi connectivity index (χ2n) is 6.91. The lowest BCUT2D eigenvalue weighted by atomic mass is 10.1. The predicted molar refractivity (Wildman–Crippen MR) is 101 cm³/mol. The molecule has 1 fully saturated rings. The van der Waals surface area contributed by atoms with Crippen LogP contribution in [0.5, 0.6) is 0 Å². The number of amides is 1. The average molecular weight is 371 g/mol. The van der Waals surface area contributed by atoms with Crippen molar-refractivity contribution in [3.05, 3.63) is 40.3 Å². The van der Waals surface area contributed by atoms with E-state index in [0.717, 1.165) is 38.8 Å². The third-order valence-electron chi connectivity index (χ3n) is 4.91. The summed E-state index contributed by atoms with van der Waals surface area (Å²) in [6.45, 7) is 1.20. The first-order valence-corrected chi connectivity index (χ1v) is 9.44. The van der Waals surface area contributed by atoms with Crippen molar-refractivity contribution >= 4 is 22.6 Å². The van der Waals surface area contributed by atoms with Gasteiger partial charge in [0.05, 0.1) is 17.5 Å². The summed E-state index contributed by atoms with van der Waals surface area (Å²) in [5.41, 5.74) is 0.256. The summed E-state index contributed by atoms with van der Waals surface area (Å²) in [7, 11) is 1.55. The van der Waals surface area contributed by atoms with Crippen LogP contribution in [-0.4, -0.2) is 46.3 Å². The highest BCUT2D eigenvalue weighted by molar-refractivity contribution is 5.87. The third-order valence-corrected chi connectivity index (χ3v) is 4.91. The molecule has 27 heavy (non-hydrogen) atoms. The Kier molecular flexibility index (Phi) is 6.21. The molecule has 2 heterocycles. The van der Waals surface area contributed by atoms with Crippen LogP contribution in [0, 0.1) is 0 Å². The lowest BCUT2D eigenvalue weighted by Gasteiger charge is -2.24. The van der Waals surface area contributed by atoms with Gasteiger partial charge in [-0.25, -0.2) is 4.68 Å². The maximum Gasteiger partial charge on any atom is 0.312 e. The molecule has 0 bridgehead atoms.